The number of pyridine rings is 2. The number of nitrogens with zero attached hydrogens (tertiary/aromatic N) is 3. The van der Waals surface area contributed by atoms with E-state index in [0.717, 1.165) is 28.1 Å². The minimum atomic E-state index is -0.0851. The Morgan fingerprint density at radius 2 is 1.75 bits per heavy atom. The highest BCUT2D eigenvalue weighted by molar-refractivity contribution is 6.10. The second-order valence-electron chi connectivity index (χ2n) is 6.91. The molecule has 136 valence electrons. The molecule has 0 fully saturated rings. The normalized spacial score (nSPS) is 12.1. The minimum absolute atomic E-state index is 0.0140. The van der Waals surface area contributed by atoms with Crippen LogP contribution in [-0.2, 0) is 11.2 Å². The summed E-state index contributed by atoms with van der Waals surface area (Å²) in [4.78, 5) is 31.5. The van der Waals surface area contributed by atoms with Crippen LogP contribution in [0.4, 0.5) is 11.4 Å². The molecule has 5 heteroatoms. The fourth-order valence-corrected chi connectivity index (χ4v) is 3.96. The number of rotatable bonds is 2. The summed E-state index contributed by atoms with van der Waals surface area (Å²) in [5.41, 5.74) is 4.85. The van der Waals surface area contributed by atoms with Crippen molar-refractivity contribution in [3.05, 3.63) is 94.5 Å². The molecule has 0 unspecified atom stereocenters. The lowest BCUT2D eigenvalue weighted by Crippen LogP contribution is -2.29. The monoisotopic (exact) mass is 367 g/mol. The summed E-state index contributed by atoms with van der Waals surface area (Å²) in [6, 6.07) is 17.1. The van der Waals surface area contributed by atoms with Crippen molar-refractivity contribution in [3.63, 3.8) is 0 Å². The summed E-state index contributed by atoms with van der Waals surface area (Å²) in [6.07, 6.45) is 5.91. The smallest absolute Gasteiger partial charge is 0.228 e. The van der Waals surface area contributed by atoms with Crippen LogP contribution in [0.5, 0.6) is 0 Å². The van der Waals surface area contributed by atoms with Crippen molar-refractivity contribution >= 4 is 28.2 Å². The summed E-state index contributed by atoms with van der Waals surface area (Å²) in [5, 5.41) is 0.611. The van der Waals surface area contributed by atoms with Crippen LogP contribution in [0.3, 0.4) is 0 Å². The molecule has 0 bridgehead atoms. The molecule has 3 heterocycles. The number of para-hydroxylation sites is 3. The summed E-state index contributed by atoms with van der Waals surface area (Å²) in [6.45, 7) is 1.54. The molecule has 0 radical (unpaired) electrons. The van der Waals surface area contributed by atoms with Crippen LogP contribution in [0.2, 0.25) is 0 Å². The number of carbonyl (C=O) groups is 1. The Balaban J connectivity index is 1.84. The van der Waals surface area contributed by atoms with Gasteiger partial charge in [0.15, 0.2) is 5.43 Å². The first-order valence-electron chi connectivity index (χ1n) is 9.11. The van der Waals surface area contributed by atoms with E-state index in [-0.39, 0.29) is 11.3 Å². The zero-order valence-corrected chi connectivity index (χ0v) is 15.3. The molecule has 0 spiro atoms. The zero-order chi connectivity index (χ0) is 19.3. The molecule has 0 N–H and O–H groups in total. The Hall–Kier alpha value is -3.73. The van der Waals surface area contributed by atoms with E-state index >= 15 is 0 Å². The Kier molecular flexibility index (Phi) is 3.62. The average Bonchev–Trinajstić information content (AvgIpc) is 2.72. The quantitative estimate of drug-likeness (QED) is 0.539. The van der Waals surface area contributed by atoms with Gasteiger partial charge in [0.05, 0.1) is 22.6 Å². The highest BCUT2D eigenvalue weighted by Gasteiger charge is 2.27. The van der Waals surface area contributed by atoms with Crippen LogP contribution < -0.4 is 10.3 Å². The fourth-order valence-electron chi connectivity index (χ4n) is 3.96. The summed E-state index contributed by atoms with van der Waals surface area (Å²) in [5.74, 6) is -0.0851. The van der Waals surface area contributed by atoms with Crippen LogP contribution >= 0.6 is 0 Å². The molecule has 0 saturated carbocycles. The van der Waals surface area contributed by atoms with Crippen molar-refractivity contribution in [3.8, 4) is 5.69 Å². The Labute approximate surface area is 161 Å². The van der Waals surface area contributed by atoms with Crippen molar-refractivity contribution in [2.75, 3.05) is 4.90 Å². The van der Waals surface area contributed by atoms with Crippen molar-refractivity contribution < 1.29 is 4.79 Å². The molecule has 4 aromatic rings. The molecule has 28 heavy (non-hydrogen) atoms. The molecule has 2 aromatic heterocycles. The highest BCUT2D eigenvalue weighted by Crippen LogP contribution is 2.41. The van der Waals surface area contributed by atoms with Crippen molar-refractivity contribution in [2.24, 2.45) is 0 Å². The van der Waals surface area contributed by atoms with E-state index < -0.39 is 0 Å². The molecule has 1 aliphatic rings. The van der Waals surface area contributed by atoms with Gasteiger partial charge >= 0.3 is 0 Å². The zero-order valence-electron chi connectivity index (χ0n) is 15.3. The third kappa shape index (κ3) is 2.36. The number of aromatic nitrogens is 2. The van der Waals surface area contributed by atoms with Crippen molar-refractivity contribution in [1.82, 2.24) is 9.55 Å². The molecular formula is C23H17N3O2. The molecule has 5 rings (SSSR count). The van der Waals surface area contributed by atoms with Crippen molar-refractivity contribution in [2.45, 2.75) is 13.3 Å². The third-order valence-corrected chi connectivity index (χ3v) is 5.13. The second-order valence-corrected chi connectivity index (χ2v) is 6.91. The van der Waals surface area contributed by atoms with Gasteiger partial charge in [0.25, 0.3) is 0 Å². The summed E-state index contributed by atoms with van der Waals surface area (Å²) < 4.78 is 2.03. The minimum Gasteiger partial charge on any atom is -0.312 e. The van der Waals surface area contributed by atoms with Crippen LogP contribution in [0.15, 0.2) is 78.0 Å². The second kappa shape index (κ2) is 6.16. The molecule has 1 amide bonds. The van der Waals surface area contributed by atoms with Crippen molar-refractivity contribution in [1.29, 1.82) is 0 Å². The largest absolute Gasteiger partial charge is 0.312 e. The number of hydrogen-bond acceptors (Lipinski definition) is 3. The molecule has 0 aliphatic carbocycles. The molecule has 0 saturated heterocycles. The lowest BCUT2D eigenvalue weighted by Gasteiger charge is -2.32. The van der Waals surface area contributed by atoms with E-state index in [1.165, 1.54) is 0 Å². The van der Waals surface area contributed by atoms with Crippen LogP contribution in [0, 0.1) is 0 Å². The van der Waals surface area contributed by atoms with Gasteiger partial charge in [0.2, 0.25) is 5.91 Å². The van der Waals surface area contributed by atoms with E-state index in [1.54, 1.807) is 24.2 Å². The Bertz CT molecular complexity index is 1290. The highest BCUT2D eigenvalue weighted by atomic mass is 16.2. The Morgan fingerprint density at radius 3 is 2.50 bits per heavy atom. The van der Waals surface area contributed by atoms with Gasteiger partial charge in [-0.05, 0) is 35.9 Å². The number of anilines is 2. The number of carbonyl (C=O) groups excluding carboxylic acids is 1. The van der Waals surface area contributed by atoms with E-state index in [2.05, 4.69) is 4.98 Å². The molecule has 0 atom stereocenters. The Morgan fingerprint density at radius 1 is 0.964 bits per heavy atom. The predicted octanol–water partition coefficient (Wildman–Crippen LogP) is 3.97. The molecule has 5 nitrogen and oxygen atoms in total. The predicted molar refractivity (Wildman–Crippen MR) is 109 cm³/mol. The van der Waals surface area contributed by atoms with Gasteiger partial charge in [-0.2, -0.15) is 0 Å². The van der Waals surface area contributed by atoms with E-state index in [1.807, 2.05) is 65.4 Å². The maximum absolute atomic E-state index is 13.2. The first-order chi connectivity index (χ1) is 13.6. The average molecular weight is 367 g/mol. The third-order valence-electron chi connectivity index (χ3n) is 5.13. The summed E-state index contributed by atoms with van der Waals surface area (Å²) in [7, 11) is 0. The number of benzene rings is 2. The number of amides is 1. The van der Waals surface area contributed by atoms with Crippen LogP contribution in [0.1, 0.15) is 18.1 Å². The molecular weight excluding hydrogens is 350 g/mol. The summed E-state index contributed by atoms with van der Waals surface area (Å²) >= 11 is 0. The number of fused-ring (bicyclic) bond motifs is 2. The lowest BCUT2D eigenvalue weighted by molar-refractivity contribution is -0.115. The topological polar surface area (TPSA) is 55.2 Å². The number of hydrogen-bond donors (Lipinski definition) is 0. The van der Waals surface area contributed by atoms with Gasteiger partial charge in [-0.15, -0.1) is 0 Å². The molecule has 2 aromatic carbocycles. The first kappa shape index (κ1) is 16.4. The maximum atomic E-state index is 13.2. The van der Waals surface area contributed by atoms with Gasteiger partial charge in [0, 0.05) is 42.9 Å². The van der Waals surface area contributed by atoms with Gasteiger partial charge < -0.3 is 4.57 Å². The van der Waals surface area contributed by atoms with E-state index in [0.29, 0.717) is 17.4 Å². The standard InChI is InChI=1S/C23H17N3O2/c1-15(27)26-20-9-3-2-8-19(20)25-14-17(12-16-6-5-11-24-13-16)23(28)18-7-4-10-21(26)22(18)25/h2-11,13-14H,12H2,1H3. The van der Waals surface area contributed by atoms with E-state index in [9.17, 15) is 9.59 Å². The van der Waals surface area contributed by atoms with Gasteiger partial charge in [-0.1, -0.05) is 24.3 Å². The molecule has 1 aliphatic heterocycles. The first-order valence-corrected chi connectivity index (χ1v) is 9.11. The van der Waals surface area contributed by atoms with Crippen LogP contribution in [-0.4, -0.2) is 15.5 Å². The van der Waals surface area contributed by atoms with E-state index in [4.69, 9.17) is 0 Å². The van der Waals surface area contributed by atoms with Crippen LogP contribution in [0.25, 0.3) is 16.6 Å². The SMILES string of the molecule is CC(=O)N1c2ccccc2-n2cc(Cc3cccnc3)c(=O)c3cccc1c32. The maximum Gasteiger partial charge on any atom is 0.228 e. The lowest BCUT2D eigenvalue weighted by atomic mass is 10.0. The fraction of sp³-hybridized carbons (Fsp3) is 0.0870. The van der Waals surface area contributed by atoms with Gasteiger partial charge in [-0.25, -0.2) is 0 Å². The van der Waals surface area contributed by atoms with Gasteiger partial charge in [0.1, 0.15) is 0 Å². The van der Waals surface area contributed by atoms with Gasteiger partial charge in [-0.3, -0.25) is 19.5 Å².